The molecule has 0 spiro atoms. The molecule has 26 heavy (non-hydrogen) atoms. The van der Waals surface area contributed by atoms with Gasteiger partial charge in [-0.3, -0.25) is 14.4 Å². The fourth-order valence-electron chi connectivity index (χ4n) is 3.60. The number of nitrogens with one attached hydrogen (secondary N) is 1. The van der Waals surface area contributed by atoms with Gasteiger partial charge in [0.1, 0.15) is 6.04 Å². The lowest BCUT2D eigenvalue weighted by Gasteiger charge is -2.36. The summed E-state index contributed by atoms with van der Waals surface area (Å²) in [5.41, 5.74) is 2.39. The molecule has 1 aromatic carbocycles. The maximum absolute atomic E-state index is 12.8. The van der Waals surface area contributed by atoms with Gasteiger partial charge in [-0.25, -0.2) is 4.98 Å². The molecule has 0 saturated carbocycles. The van der Waals surface area contributed by atoms with Gasteiger partial charge < -0.3 is 19.7 Å². The normalized spacial score (nSPS) is 20.5. The molecule has 1 unspecified atom stereocenters. The minimum atomic E-state index is -0.406. The van der Waals surface area contributed by atoms with Gasteiger partial charge in [0.2, 0.25) is 11.8 Å². The van der Waals surface area contributed by atoms with Crippen LogP contribution in [0.4, 0.5) is 0 Å². The molecule has 1 aromatic heterocycles. The summed E-state index contributed by atoms with van der Waals surface area (Å²) in [6.45, 7) is 1.96. The van der Waals surface area contributed by atoms with Crippen molar-refractivity contribution in [1.82, 2.24) is 24.7 Å². The van der Waals surface area contributed by atoms with E-state index < -0.39 is 6.04 Å². The third kappa shape index (κ3) is 2.91. The Kier molecular flexibility index (Phi) is 4.10. The molecule has 2 aliphatic heterocycles. The van der Waals surface area contributed by atoms with Crippen molar-refractivity contribution in [2.24, 2.45) is 7.05 Å². The number of amides is 3. The Morgan fingerprint density at radius 1 is 1.15 bits per heavy atom. The van der Waals surface area contributed by atoms with E-state index in [1.54, 1.807) is 16.1 Å². The summed E-state index contributed by atoms with van der Waals surface area (Å²) < 4.78 is 1.91. The lowest BCUT2D eigenvalue weighted by atomic mass is 10.1. The van der Waals surface area contributed by atoms with Crippen LogP contribution in [0.2, 0.25) is 0 Å². The Balaban J connectivity index is 1.39. The van der Waals surface area contributed by atoms with Gasteiger partial charge in [0, 0.05) is 45.2 Å². The highest BCUT2D eigenvalue weighted by atomic mass is 16.2. The summed E-state index contributed by atoms with van der Waals surface area (Å²) in [6.07, 6.45) is 2.69. The van der Waals surface area contributed by atoms with E-state index in [4.69, 9.17) is 0 Å². The van der Waals surface area contributed by atoms with Gasteiger partial charge in [-0.2, -0.15) is 0 Å². The Bertz CT molecular complexity index is 882. The largest absolute Gasteiger partial charge is 0.344 e. The zero-order valence-electron chi connectivity index (χ0n) is 14.6. The molecule has 0 bridgehead atoms. The minimum absolute atomic E-state index is 0.0428. The van der Waals surface area contributed by atoms with E-state index in [0.29, 0.717) is 44.6 Å². The third-order valence-corrected chi connectivity index (χ3v) is 5.14. The highest BCUT2D eigenvalue weighted by Crippen LogP contribution is 2.17. The van der Waals surface area contributed by atoms with Crippen LogP contribution < -0.4 is 5.32 Å². The molecule has 8 nitrogen and oxygen atoms in total. The first-order valence-corrected chi connectivity index (χ1v) is 8.81. The number of aryl methyl sites for hydroxylation is 1. The zero-order chi connectivity index (χ0) is 18.3. The van der Waals surface area contributed by atoms with E-state index in [0.717, 1.165) is 11.0 Å². The van der Waals surface area contributed by atoms with Crippen LogP contribution in [0, 0.1) is 0 Å². The van der Waals surface area contributed by atoms with Gasteiger partial charge in [-0.05, 0) is 24.6 Å². The van der Waals surface area contributed by atoms with Crippen LogP contribution in [-0.2, 0) is 16.6 Å². The van der Waals surface area contributed by atoms with Crippen molar-refractivity contribution in [2.75, 3.05) is 26.2 Å². The summed E-state index contributed by atoms with van der Waals surface area (Å²) in [4.78, 5) is 44.3. The number of hydrogen-bond donors (Lipinski definition) is 1. The van der Waals surface area contributed by atoms with E-state index in [9.17, 15) is 14.4 Å². The summed E-state index contributed by atoms with van der Waals surface area (Å²) in [5.74, 6) is -0.154. The molecule has 2 saturated heterocycles. The quantitative estimate of drug-likeness (QED) is 0.830. The molecular formula is C18H21N5O3. The molecule has 1 atom stereocenters. The van der Waals surface area contributed by atoms with Crippen molar-refractivity contribution in [3.63, 3.8) is 0 Å². The maximum atomic E-state index is 12.8. The molecule has 0 aliphatic carbocycles. The van der Waals surface area contributed by atoms with E-state index in [-0.39, 0.29) is 17.7 Å². The smallest absolute Gasteiger partial charge is 0.254 e. The van der Waals surface area contributed by atoms with Gasteiger partial charge >= 0.3 is 0 Å². The number of fused-ring (bicyclic) bond motifs is 1. The third-order valence-electron chi connectivity index (χ3n) is 5.14. The van der Waals surface area contributed by atoms with Gasteiger partial charge in [0.15, 0.2) is 0 Å². The van der Waals surface area contributed by atoms with E-state index in [1.165, 1.54) is 0 Å². The minimum Gasteiger partial charge on any atom is -0.344 e. The number of hydrogen-bond acceptors (Lipinski definition) is 4. The van der Waals surface area contributed by atoms with Crippen molar-refractivity contribution < 1.29 is 14.4 Å². The number of carbonyl (C=O) groups is 3. The Morgan fingerprint density at radius 3 is 2.58 bits per heavy atom. The number of rotatable bonds is 2. The van der Waals surface area contributed by atoms with Crippen molar-refractivity contribution >= 4 is 28.8 Å². The molecule has 4 rings (SSSR count). The predicted octanol–water partition coefficient (Wildman–Crippen LogP) is 0.136. The number of piperazine rings is 1. The highest BCUT2D eigenvalue weighted by molar-refractivity contribution is 5.97. The molecule has 2 fully saturated rings. The van der Waals surface area contributed by atoms with E-state index in [1.807, 2.05) is 29.8 Å². The molecule has 3 amide bonds. The Morgan fingerprint density at radius 2 is 1.88 bits per heavy atom. The van der Waals surface area contributed by atoms with Crippen molar-refractivity contribution in [3.8, 4) is 0 Å². The summed E-state index contributed by atoms with van der Waals surface area (Å²) >= 11 is 0. The SMILES string of the molecule is Cn1cnc2cc(C(=O)N3CCN(C(=O)C4CCC(=O)N4)CC3)ccc21. The van der Waals surface area contributed by atoms with Crippen LogP contribution >= 0.6 is 0 Å². The van der Waals surface area contributed by atoms with Crippen molar-refractivity contribution in [1.29, 1.82) is 0 Å². The monoisotopic (exact) mass is 355 g/mol. The predicted molar refractivity (Wildman–Crippen MR) is 94.4 cm³/mol. The number of nitrogens with zero attached hydrogens (tertiary/aromatic N) is 4. The number of imidazole rings is 1. The fraction of sp³-hybridized carbons (Fsp3) is 0.444. The summed E-state index contributed by atoms with van der Waals surface area (Å²) in [6, 6.07) is 5.12. The van der Waals surface area contributed by atoms with E-state index in [2.05, 4.69) is 10.3 Å². The zero-order valence-corrected chi connectivity index (χ0v) is 14.6. The maximum Gasteiger partial charge on any atom is 0.254 e. The van der Waals surface area contributed by atoms with Crippen LogP contribution in [-0.4, -0.2) is 69.3 Å². The number of carbonyl (C=O) groups excluding carboxylic acids is 3. The average molecular weight is 355 g/mol. The lowest BCUT2D eigenvalue weighted by Crippen LogP contribution is -2.54. The second-order valence-corrected chi connectivity index (χ2v) is 6.84. The van der Waals surface area contributed by atoms with Gasteiger partial charge in [-0.1, -0.05) is 0 Å². The summed E-state index contributed by atoms with van der Waals surface area (Å²) in [5, 5.41) is 2.71. The molecular weight excluding hydrogens is 334 g/mol. The molecule has 3 heterocycles. The topological polar surface area (TPSA) is 87.5 Å². The molecule has 0 radical (unpaired) electrons. The number of benzene rings is 1. The van der Waals surface area contributed by atoms with Crippen molar-refractivity contribution in [2.45, 2.75) is 18.9 Å². The average Bonchev–Trinajstić information content (AvgIpc) is 3.26. The first-order chi connectivity index (χ1) is 12.5. The first kappa shape index (κ1) is 16.6. The highest BCUT2D eigenvalue weighted by Gasteiger charge is 2.33. The van der Waals surface area contributed by atoms with E-state index >= 15 is 0 Å². The molecule has 8 heteroatoms. The second-order valence-electron chi connectivity index (χ2n) is 6.84. The van der Waals surface area contributed by atoms with Crippen LogP contribution in [0.3, 0.4) is 0 Å². The summed E-state index contributed by atoms with van der Waals surface area (Å²) in [7, 11) is 1.92. The number of aromatic nitrogens is 2. The van der Waals surface area contributed by atoms with Crippen molar-refractivity contribution in [3.05, 3.63) is 30.1 Å². The van der Waals surface area contributed by atoms with Gasteiger partial charge in [0.25, 0.3) is 5.91 Å². The van der Waals surface area contributed by atoms with Gasteiger partial charge in [-0.15, -0.1) is 0 Å². The van der Waals surface area contributed by atoms with Gasteiger partial charge in [0.05, 0.1) is 17.4 Å². The first-order valence-electron chi connectivity index (χ1n) is 8.81. The molecule has 2 aromatic rings. The Hall–Kier alpha value is -2.90. The fourth-order valence-corrected chi connectivity index (χ4v) is 3.60. The second kappa shape index (κ2) is 6.44. The molecule has 1 N–H and O–H groups in total. The van der Waals surface area contributed by atoms with Crippen LogP contribution in [0.15, 0.2) is 24.5 Å². The Labute approximate surface area is 150 Å². The molecule has 2 aliphatic rings. The lowest BCUT2D eigenvalue weighted by molar-refractivity contribution is -0.135. The van der Waals surface area contributed by atoms with Crippen LogP contribution in [0.25, 0.3) is 11.0 Å². The van der Waals surface area contributed by atoms with Crippen LogP contribution in [0.5, 0.6) is 0 Å². The van der Waals surface area contributed by atoms with Crippen LogP contribution in [0.1, 0.15) is 23.2 Å². The standard InChI is InChI=1S/C18H21N5O3/c1-21-11-19-14-10-12(2-4-15(14)21)17(25)22-6-8-23(9-7-22)18(26)13-3-5-16(24)20-13/h2,4,10-11,13H,3,5-9H2,1H3,(H,20,24). The molecule has 136 valence electrons.